The second-order valence-corrected chi connectivity index (χ2v) is 5.24. The van der Waals surface area contributed by atoms with Gasteiger partial charge < -0.3 is 9.64 Å². The van der Waals surface area contributed by atoms with Gasteiger partial charge in [-0.25, -0.2) is 0 Å². The lowest BCUT2D eigenvalue weighted by Crippen LogP contribution is -2.34. The highest BCUT2D eigenvalue weighted by molar-refractivity contribution is 5.99. The molecule has 0 atom stereocenters. The fourth-order valence-electron chi connectivity index (χ4n) is 2.23. The molecule has 0 bridgehead atoms. The van der Waals surface area contributed by atoms with Gasteiger partial charge in [-0.1, -0.05) is 17.7 Å². The van der Waals surface area contributed by atoms with E-state index in [0.29, 0.717) is 0 Å². The number of nitrogens with one attached hydrogen (secondary N) is 2. The zero-order valence-electron chi connectivity index (χ0n) is 11.6. The lowest BCUT2D eigenvalue weighted by atomic mass is 9.97. The van der Waals surface area contributed by atoms with Crippen molar-refractivity contribution in [1.82, 2.24) is 4.90 Å². The number of hydrogen-bond acceptors (Lipinski definition) is 4. The number of hydrogen-bond donors (Lipinski definition) is 2. The van der Waals surface area contributed by atoms with Gasteiger partial charge in [0.2, 0.25) is 5.90 Å². The van der Waals surface area contributed by atoms with Crippen molar-refractivity contribution in [1.29, 1.82) is 10.8 Å². The van der Waals surface area contributed by atoms with Crippen molar-refractivity contribution in [3.05, 3.63) is 35.4 Å². The molecule has 0 unspecified atom stereocenters. The van der Waals surface area contributed by atoms with Crippen molar-refractivity contribution in [2.75, 3.05) is 20.1 Å². The third-order valence-electron chi connectivity index (χ3n) is 3.62. The summed E-state index contributed by atoms with van der Waals surface area (Å²) in [6.45, 7) is 4.00. The Bertz CT molecular complexity index is 459. The average Bonchev–Trinajstić information content (AvgIpc) is 2.40. The number of nitrogens with zero attached hydrogens (tertiary/aromatic N) is 1. The molecule has 4 heteroatoms. The van der Waals surface area contributed by atoms with Crippen LogP contribution < -0.4 is 0 Å². The van der Waals surface area contributed by atoms with Gasteiger partial charge in [0.25, 0.3) is 0 Å². The Balaban J connectivity index is 1.91. The number of benzene rings is 1. The maximum Gasteiger partial charge on any atom is 0.220 e. The van der Waals surface area contributed by atoms with Crippen molar-refractivity contribution >= 4 is 11.8 Å². The van der Waals surface area contributed by atoms with Gasteiger partial charge in [-0.3, -0.25) is 10.8 Å². The van der Waals surface area contributed by atoms with E-state index in [0.717, 1.165) is 37.1 Å². The molecule has 19 heavy (non-hydrogen) atoms. The first-order valence-electron chi connectivity index (χ1n) is 6.66. The second-order valence-electron chi connectivity index (χ2n) is 5.24. The minimum atomic E-state index is 0.0731. The molecule has 1 aromatic carbocycles. The van der Waals surface area contributed by atoms with Crippen LogP contribution in [-0.4, -0.2) is 36.8 Å². The molecule has 0 radical (unpaired) electrons. The SMILES string of the molecule is Cc1ccc(C(=N)OC(=N)C2CCN(C)CC2)cc1. The monoisotopic (exact) mass is 259 g/mol. The molecule has 0 amide bonds. The topological polar surface area (TPSA) is 60.2 Å². The Kier molecular flexibility index (Phi) is 4.32. The molecule has 2 N–H and O–H groups in total. The number of aryl methyl sites for hydroxylation is 1. The van der Waals surface area contributed by atoms with Crippen LogP contribution in [0.5, 0.6) is 0 Å². The fraction of sp³-hybridized carbons (Fsp3) is 0.467. The Hall–Kier alpha value is -1.68. The molecule has 1 saturated heterocycles. The van der Waals surface area contributed by atoms with E-state index < -0.39 is 0 Å². The molecule has 4 nitrogen and oxygen atoms in total. The molecule has 1 aromatic rings. The van der Waals surface area contributed by atoms with Crippen molar-refractivity contribution in [2.45, 2.75) is 19.8 Å². The smallest absolute Gasteiger partial charge is 0.220 e. The molecule has 0 saturated carbocycles. The van der Waals surface area contributed by atoms with E-state index in [9.17, 15) is 0 Å². The maximum absolute atomic E-state index is 7.99. The molecular formula is C15H21N3O. The van der Waals surface area contributed by atoms with Crippen LogP contribution in [-0.2, 0) is 4.74 Å². The second kappa shape index (κ2) is 5.97. The summed E-state index contributed by atoms with van der Waals surface area (Å²) >= 11 is 0. The first-order chi connectivity index (χ1) is 9.06. The van der Waals surface area contributed by atoms with Crippen molar-refractivity contribution in [3.8, 4) is 0 Å². The first-order valence-corrected chi connectivity index (χ1v) is 6.66. The van der Waals surface area contributed by atoms with Gasteiger partial charge in [0.05, 0.1) is 0 Å². The van der Waals surface area contributed by atoms with Gasteiger partial charge in [-0.2, -0.15) is 0 Å². The van der Waals surface area contributed by atoms with Crippen LogP contribution >= 0.6 is 0 Å². The standard InChI is InChI=1S/C15H21N3O/c1-11-3-5-12(6-4-11)14(16)19-15(17)13-7-9-18(2)10-8-13/h3-6,13,16-17H,7-10H2,1-2H3. The predicted octanol–water partition coefficient (Wildman–Crippen LogP) is 2.66. The molecule has 1 heterocycles. The molecule has 2 rings (SSSR count). The Morgan fingerprint density at radius 3 is 2.32 bits per heavy atom. The van der Waals surface area contributed by atoms with Crippen LogP contribution in [0.15, 0.2) is 24.3 Å². The molecule has 0 aromatic heterocycles. The zero-order chi connectivity index (χ0) is 13.8. The van der Waals surface area contributed by atoms with Crippen molar-refractivity contribution in [2.24, 2.45) is 5.92 Å². The van der Waals surface area contributed by atoms with Crippen LogP contribution in [0.4, 0.5) is 0 Å². The Morgan fingerprint density at radius 2 is 1.74 bits per heavy atom. The zero-order valence-corrected chi connectivity index (χ0v) is 11.6. The number of piperidine rings is 1. The van der Waals surface area contributed by atoms with E-state index in [1.807, 2.05) is 31.2 Å². The molecule has 0 aliphatic carbocycles. The summed E-state index contributed by atoms with van der Waals surface area (Å²) in [6, 6.07) is 7.62. The molecule has 102 valence electrons. The highest BCUT2D eigenvalue weighted by atomic mass is 16.5. The van der Waals surface area contributed by atoms with Crippen molar-refractivity contribution in [3.63, 3.8) is 0 Å². The van der Waals surface area contributed by atoms with Crippen LogP contribution in [0.3, 0.4) is 0 Å². The lowest BCUT2D eigenvalue weighted by Gasteiger charge is -2.28. The Labute approximate surface area is 114 Å². The summed E-state index contributed by atoms with van der Waals surface area (Å²) in [5.74, 6) is 0.463. The lowest BCUT2D eigenvalue weighted by molar-refractivity contribution is 0.240. The summed E-state index contributed by atoms with van der Waals surface area (Å²) in [6.07, 6.45) is 1.88. The summed E-state index contributed by atoms with van der Waals surface area (Å²) < 4.78 is 5.40. The van der Waals surface area contributed by atoms with E-state index in [-0.39, 0.29) is 17.7 Å². The highest BCUT2D eigenvalue weighted by Crippen LogP contribution is 2.18. The quantitative estimate of drug-likeness (QED) is 0.633. The molecular weight excluding hydrogens is 238 g/mol. The first kappa shape index (κ1) is 13.7. The molecule has 1 fully saturated rings. The summed E-state index contributed by atoms with van der Waals surface area (Å²) in [5.41, 5.74) is 1.88. The van der Waals surface area contributed by atoms with Crippen LogP contribution in [0.1, 0.15) is 24.0 Å². The van der Waals surface area contributed by atoms with E-state index in [1.165, 1.54) is 0 Å². The Morgan fingerprint density at radius 1 is 1.16 bits per heavy atom. The van der Waals surface area contributed by atoms with Crippen molar-refractivity contribution < 1.29 is 4.74 Å². The van der Waals surface area contributed by atoms with Gasteiger partial charge in [0, 0.05) is 11.5 Å². The molecule has 1 aliphatic rings. The predicted molar refractivity (Wildman–Crippen MR) is 77.0 cm³/mol. The van der Waals surface area contributed by atoms with Crippen LogP contribution in [0, 0.1) is 23.7 Å². The minimum Gasteiger partial charge on any atom is -0.425 e. The third-order valence-corrected chi connectivity index (χ3v) is 3.62. The minimum absolute atomic E-state index is 0.0731. The molecule has 1 aliphatic heterocycles. The van der Waals surface area contributed by atoms with Crippen LogP contribution in [0.2, 0.25) is 0 Å². The van der Waals surface area contributed by atoms with Gasteiger partial charge in [0.1, 0.15) is 0 Å². The summed E-state index contributed by atoms with van der Waals surface area (Å²) in [7, 11) is 2.09. The summed E-state index contributed by atoms with van der Waals surface area (Å²) in [5, 5.41) is 15.9. The van der Waals surface area contributed by atoms with E-state index >= 15 is 0 Å². The van der Waals surface area contributed by atoms with Gasteiger partial charge in [-0.15, -0.1) is 0 Å². The normalized spacial score (nSPS) is 17.2. The largest absolute Gasteiger partial charge is 0.425 e. The maximum atomic E-state index is 7.99. The molecule has 0 spiro atoms. The number of likely N-dealkylation sites (tertiary alicyclic amines) is 1. The van der Waals surface area contributed by atoms with E-state index in [2.05, 4.69) is 11.9 Å². The van der Waals surface area contributed by atoms with E-state index in [4.69, 9.17) is 15.6 Å². The highest BCUT2D eigenvalue weighted by Gasteiger charge is 2.23. The van der Waals surface area contributed by atoms with Crippen LogP contribution in [0.25, 0.3) is 0 Å². The van der Waals surface area contributed by atoms with E-state index in [1.54, 1.807) is 0 Å². The van der Waals surface area contributed by atoms with Gasteiger partial charge >= 0.3 is 0 Å². The number of ether oxygens (including phenoxy) is 1. The third kappa shape index (κ3) is 3.64. The van der Waals surface area contributed by atoms with Gasteiger partial charge in [-0.05, 0) is 52.0 Å². The summed E-state index contributed by atoms with van der Waals surface area (Å²) in [4.78, 5) is 2.26. The van der Waals surface area contributed by atoms with Gasteiger partial charge in [0.15, 0.2) is 5.90 Å². The number of rotatable bonds is 2. The fourth-order valence-corrected chi connectivity index (χ4v) is 2.23. The average molecular weight is 259 g/mol.